The summed E-state index contributed by atoms with van der Waals surface area (Å²) >= 11 is 0.161. The van der Waals surface area contributed by atoms with E-state index >= 15 is 0 Å². The number of benzene rings is 1. The predicted octanol–water partition coefficient (Wildman–Crippen LogP) is 2.70. The van der Waals surface area contributed by atoms with Crippen molar-refractivity contribution in [3.05, 3.63) is 46.5 Å². The summed E-state index contributed by atoms with van der Waals surface area (Å²) in [6, 6.07) is 7.00. The summed E-state index contributed by atoms with van der Waals surface area (Å²) in [4.78, 5) is 10.5. The van der Waals surface area contributed by atoms with Crippen LogP contribution in [0.5, 0.6) is 0 Å². The summed E-state index contributed by atoms with van der Waals surface area (Å²) in [7, 11) is 0. The topological polar surface area (TPSA) is 43.1 Å². The van der Waals surface area contributed by atoms with Gasteiger partial charge >= 0.3 is 102 Å². The van der Waals surface area contributed by atoms with E-state index in [0.717, 1.165) is 22.6 Å². The van der Waals surface area contributed by atoms with Gasteiger partial charge in [-0.15, -0.1) is 0 Å². The molecule has 1 aromatic carbocycles. The zero-order valence-electron chi connectivity index (χ0n) is 9.26. The Morgan fingerprint density at radius 2 is 2.12 bits per heavy atom. The maximum absolute atomic E-state index is 10.8. The van der Waals surface area contributed by atoms with Gasteiger partial charge in [-0.2, -0.15) is 0 Å². The summed E-state index contributed by atoms with van der Waals surface area (Å²) < 4.78 is 0.876. The van der Waals surface area contributed by atoms with E-state index < -0.39 is 0 Å². The number of hydrogen-bond donors (Lipinski definition) is 0. The van der Waals surface area contributed by atoms with Crippen molar-refractivity contribution in [2.24, 2.45) is 0 Å². The van der Waals surface area contributed by atoms with Gasteiger partial charge in [0.1, 0.15) is 0 Å². The molecule has 0 radical (unpaired) electrons. The first-order valence-electron chi connectivity index (χ1n) is 5.27. The molecule has 86 valence electrons. The minimum atomic E-state index is -0.299. The zero-order chi connectivity index (χ0) is 11.8. The molecule has 0 heterocycles. The summed E-state index contributed by atoms with van der Waals surface area (Å²) in [5, 5.41) is 11.7. The number of allylic oxidation sites excluding steroid dienone is 2. The molecule has 1 aromatic rings. The average Bonchev–Trinajstić information content (AvgIpc) is 2.29. The van der Waals surface area contributed by atoms with Crippen molar-refractivity contribution >= 4 is 25.1 Å². The van der Waals surface area contributed by atoms with Crippen LogP contribution in [0.25, 0.3) is 0 Å². The number of rotatable bonds is 6. The third kappa shape index (κ3) is 4.17. The molecule has 0 aliphatic carbocycles. The Hall–Kier alpha value is -1.12. The molecule has 3 nitrogen and oxygen atoms in total. The van der Waals surface area contributed by atoms with Gasteiger partial charge in [0.25, 0.3) is 0 Å². The maximum atomic E-state index is 10.8. The third-order valence-corrected chi connectivity index (χ3v) is 4.15. The fourth-order valence-corrected chi connectivity index (χ4v) is 3.06. The number of nitro groups is 1. The van der Waals surface area contributed by atoms with Gasteiger partial charge in [-0.25, -0.2) is 0 Å². The van der Waals surface area contributed by atoms with Crippen molar-refractivity contribution in [1.82, 2.24) is 0 Å². The van der Waals surface area contributed by atoms with E-state index in [1.807, 2.05) is 12.1 Å². The molecule has 0 aromatic heterocycles. The van der Waals surface area contributed by atoms with E-state index in [-0.39, 0.29) is 25.6 Å². The first-order chi connectivity index (χ1) is 7.75. The molecule has 0 saturated heterocycles. The van der Waals surface area contributed by atoms with Crippen molar-refractivity contribution in [1.29, 1.82) is 0 Å². The first-order valence-corrected chi connectivity index (χ1v) is 7.33. The Morgan fingerprint density at radius 3 is 2.81 bits per heavy atom. The number of nitro benzene ring substituents is 1. The van der Waals surface area contributed by atoms with Crippen molar-refractivity contribution in [3.63, 3.8) is 0 Å². The quantitative estimate of drug-likeness (QED) is 0.349. The van der Waals surface area contributed by atoms with Gasteiger partial charge in [0.2, 0.25) is 0 Å². The molecule has 0 unspecified atom stereocenters. The molecule has 16 heavy (non-hydrogen) atoms. The molecule has 0 aliphatic heterocycles. The fourth-order valence-electron chi connectivity index (χ4n) is 1.22. The molecule has 0 fully saturated rings. The van der Waals surface area contributed by atoms with Crippen LogP contribution in [0.4, 0.5) is 5.69 Å². The number of para-hydroxylation sites is 1. The second-order valence-electron chi connectivity index (χ2n) is 3.30. The van der Waals surface area contributed by atoms with Crippen LogP contribution in [0.3, 0.4) is 0 Å². The Labute approximate surface area is 102 Å². The first kappa shape index (κ1) is 12.9. The number of unbranched alkanes of at least 4 members (excludes halogenated alkanes) is 1. The van der Waals surface area contributed by atoms with E-state index in [2.05, 4.69) is 19.1 Å². The van der Waals surface area contributed by atoms with Gasteiger partial charge in [0.05, 0.1) is 0 Å². The van der Waals surface area contributed by atoms with E-state index in [4.69, 9.17) is 0 Å². The number of hydrogen-bond acceptors (Lipinski definition) is 2. The summed E-state index contributed by atoms with van der Waals surface area (Å²) in [5.74, 6) is 0. The van der Waals surface area contributed by atoms with Crippen LogP contribution >= 0.6 is 0 Å². The third-order valence-electron chi connectivity index (χ3n) is 2.02. The van der Waals surface area contributed by atoms with Gasteiger partial charge in [0, 0.05) is 0 Å². The molecular weight excluding hydrogens is 269 g/mol. The Morgan fingerprint density at radius 1 is 1.38 bits per heavy atom. The predicted molar refractivity (Wildman–Crippen MR) is 67.3 cm³/mol. The molecule has 1 rings (SSSR count). The van der Waals surface area contributed by atoms with E-state index in [0.29, 0.717) is 0 Å². The molecule has 0 spiro atoms. The van der Waals surface area contributed by atoms with E-state index in [1.54, 1.807) is 12.1 Å². The van der Waals surface area contributed by atoms with Gasteiger partial charge in [0.15, 0.2) is 0 Å². The molecule has 0 N–H and O–H groups in total. The molecule has 0 saturated carbocycles. The SMILES string of the molecule is CCC/C=C/C[Se]c1ccccc1[N+](=O)[O-]. The van der Waals surface area contributed by atoms with E-state index in [9.17, 15) is 10.1 Å². The minimum absolute atomic E-state index is 0.161. The Balaban J connectivity index is 2.56. The van der Waals surface area contributed by atoms with Crippen molar-refractivity contribution in [2.45, 2.75) is 25.1 Å². The van der Waals surface area contributed by atoms with Gasteiger partial charge in [-0.05, 0) is 0 Å². The van der Waals surface area contributed by atoms with Gasteiger partial charge in [-0.3, -0.25) is 0 Å². The second kappa shape index (κ2) is 7.20. The van der Waals surface area contributed by atoms with Crippen molar-refractivity contribution in [2.75, 3.05) is 0 Å². The number of nitrogens with zero attached hydrogens (tertiary/aromatic N) is 1. The summed E-state index contributed by atoms with van der Waals surface area (Å²) in [5.41, 5.74) is 0.256. The van der Waals surface area contributed by atoms with Crippen molar-refractivity contribution < 1.29 is 4.92 Å². The van der Waals surface area contributed by atoms with Crippen LogP contribution in [0.2, 0.25) is 5.32 Å². The summed E-state index contributed by atoms with van der Waals surface area (Å²) in [6.07, 6.45) is 6.51. The fraction of sp³-hybridized carbons (Fsp3) is 0.333. The molecule has 0 bridgehead atoms. The van der Waals surface area contributed by atoms with Crippen LogP contribution < -0.4 is 4.46 Å². The van der Waals surface area contributed by atoms with Crippen molar-refractivity contribution in [3.8, 4) is 0 Å². The monoisotopic (exact) mass is 285 g/mol. The zero-order valence-corrected chi connectivity index (χ0v) is 11.0. The van der Waals surface area contributed by atoms with Crippen LogP contribution in [0.15, 0.2) is 36.4 Å². The average molecular weight is 284 g/mol. The Kier molecular flexibility index (Phi) is 5.83. The van der Waals surface area contributed by atoms with E-state index in [1.165, 1.54) is 0 Å². The molecular formula is C12H15NO2Se. The molecule has 4 heteroatoms. The van der Waals surface area contributed by atoms with Gasteiger partial charge in [-0.1, -0.05) is 0 Å². The van der Waals surface area contributed by atoms with Crippen LogP contribution in [0, 0.1) is 10.1 Å². The standard InChI is InChI=1S/C12H15NO2Se/c1-2-3-4-7-10-16-12-9-6-5-8-11(12)13(14)15/h4-9H,2-3,10H2,1H3/b7-4+. The summed E-state index contributed by atoms with van der Waals surface area (Å²) in [6.45, 7) is 2.14. The van der Waals surface area contributed by atoms with Crippen LogP contribution in [0.1, 0.15) is 19.8 Å². The molecule has 0 amide bonds. The Bertz CT molecular complexity index is 377. The molecule has 0 atom stereocenters. The normalized spacial score (nSPS) is 10.8. The van der Waals surface area contributed by atoms with Gasteiger partial charge < -0.3 is 0 Å². The molecule has 0 aliphatic rings. The second-order valence-corrected chi connectivity index (χ2v) is 5.52. The van der Waals surface area contributed by atoms with Crippen LogP contribution in [-0.4, -0.2) is 19.9 Å². The van der Waals surface area contributed by atoms with Crippen LogP contribution in [-0.2, 0) is 0 Å².